The molecule has 0 atom stereocenters. The first-order valence-corrected chi connectivity index (χ1v) is 7.96. The molecule has 0 amide bonds. The molecule has 1 aromatic heterocycles. The molecule has 4 heteroatoms. The Balaban J connectivity index is 1.94. The molecule has 23 heavy (non-hydrogen) atoms. The van der Waals surface area contributed by atoms with Crippen molar-refractivity contribution in [3.8, 4) is 5.88 Å². The van der Waals surface area contributed by atoms with Crippen molar-refractivity contribution in [2.24, 2.45) is 0 Å². The van der Waals surface area contributed by atoms with Crippen LogP contribution in [0.1, 0.15) is 45.2 Å². The van der Waals surface area contributed by atoms with Crippen LogP contribution in [0.2, 0.25) is 5.15 Å². The molecule has 0 saturated heterocycles. The molecule has 2 aromatic carbocycles. The molecule has 0 aliphatic heterocycles. The summed E-state index contributed by atoms with van der Waals surface area (Å²) in [5, 5.41) is 8.76. The summed E-state index contributed by atoms with van der Waals surface area (Å²) >= 11 is 6.47. The first-order chi connectivity index (χ1) is 11.3. The van der Waals surface area contributed by atoms with Gasteiger partial charge in [0.05, 0.1) is 7.11 Å². The highest BCUT2D eigenvalue weighted by molar-refractivity contribution is 6.30. The first kappa shape index (κ1) is 13.1. The molecule has 3 nitrogen and oxygen atoms in total. The smallest absolute Gasteiger partial charge is 0.237 e. The Morgan fingerprint density at radius 3 is 1.74 bits per heavy atom. The van der Waals surface area contributed by atoms with Gasteiger partial charge in [-0.15, -0.1) is 10.2 Å². The van der Waals surface area contributed by atoms with E-state index in [2.05, 4.69) is 58.7 Å². The number of halogens is 1. The number of benzene rings is 2. The lowest BCUT2D eigenvalue weighted by Crippen LogP contribution is -2.29. The number of aromatic nitrogens is 2. The van der Waals surface area contributed by atoms with Crippen LogP contribution >= 0.6 is 11.6 Å². The average molecular weight is 321 g/mol. The Morgan fingerprint density at radius 1 is 0.783 bits per heavy atom. The zero-order chi connectivity index (χ0) is 15.6. The molecule has 1 heterocycles. The van der Waals surface area contributed by atoms with E-state index in [4.69, 9.17) is 16.3 Å². The maximum atomic E-state index is 6.47. The van der Waals surface area contributed by atoms with Gasteiger partial charge in [-0.05, 0) is 22.3 Å². The van der Waals surface area contributed by atoms with Crippen LogP contribution in [0.3, 0.4) is 0 Å². The molecule has 2 bridgehead atoms. The van der Waals surface area contributed by atoms with Gasteiger partial charge < -0.3 is 4.74 Å². The Bertz CT molecular complexity index is 906. The van der Waals surface area contributed by atoms with Gasteiger partial charge in [0.15, 0.2) is 5.15 Å². The molecule has 3 aliphatic carbocycles. The minimum absolute atomic E-state index is 0.0966. The fourth-order valence-electron chi connectivity index (χ4n) is 4.16. The summed E-state index contributed by atoms with van der Waals surface area (Å²) in [7, 11) is 1.64. The third-order valence-electron chi connectivity index (χ3n) is 4.98. The zero-order valence-electron chi connectivity index (χ0n) is 12.5. The van der Waals surface area contributed by atoms with Gasteiger partial charge in [0, 0.05) is 23.0 Å². The third kappa shape index (κ3) is 1.55. The van der Waals surface area contributed by atoms with Crippen molar-refractivity contribution >= 4 is 11.6 Å². The summed E-state index contributed by atoms with van der Waals surface area (Å²) in [4.78, 5) is 0. The monoisotopic (exact) mass is 320 g/mol. The van der Waals surface area contributed by atoms with Crippen molar-refractivity contribution < 1.29 is 4.74 Å². The number of methoxy groups -OCH3 is 1. The Morgan fingerprint density at radius 2 is 1.26 bits per heavy atom. The molecular formula is C19H13ClN2O. The maximum absolute atomic E-state index is 6.47. The molecule has 3 aromatic rings. The van der Waals surface area contributed by atoms with Crippen LogP contribution in [-0.4, -0.2) is 17.3 Å². The number of nitrogens with zero attached hydrogens (tertiary/aromatic N) is 2. The Labute approximate surface area is 138 Å². The summed E-state index contributed by atoms with van der Waals surface area (Å²) in [6.45, 7) is 0. The highest BCUT2D eigenvalue weighted by Crippen LogP contribution is 2.58. The largest absolute Gasteiger partial charge is 0.480 e. The molecule has 0 radical (unpaired) electrons. The molecule has 0 saturated carbocycles. The fraction of sp³-hybridized carbons (Fsp3) is 0.158. The minimum atomic E-state index is 0.0966. The van der Waals surface area contributed by atoms with Crippen LogP contribution in [0.15, 0.2) is 48.5 Å². The van der Waals surface area contributed by atoms with E-state index < -0.39 is 0 Å². The van der Waals surface area contributed by atoms with Crippen LogP contribution < -0.4 is 4.74 Å². The molecule has 6 rings (SSSR count). The Kier molecular flexibility index (Phi) is 2.59. The zero-order valence-corrected chi connectivity index (χ0v) is 13.2. The normalized spacial score (nSPS) is 19.7. The van der Waals surface area contributed by atoms with Crippen LogP contribution in [0, 0.1) is 0 Å². The molecule has 0 spiro atoms. The van der Waals surface area contributed by atoms with Gasteiger partial charge in [-0.1, -0.05) is 60.1 Å². The summed E-state index contributed by atoms with van der Waals surface area (Å²) in [6, 6.07) is 17.1. The van der Waals surface area contributed by atoms with E-state index >= 15 is 0 Å². The van der Waals surface area contributed by atoms with Crippen molar-refractivity contribution in [1.82, 2.24) is 10.2 Å². The van der Waals surface area contributed by atoms with E-state index in [9.17, 15) is 0 Å². The van der Waals surface area contributed by atoms with Crippen LogP contribution in [0.4, 0.5) is 0 Å². The first-order valence-electron chi connectivity index (χ1n) is 7.59. The standard InChI is InChI=1S/C19H13ClN2O/c1-23-19-17-15-12-8-4-2-6-10(12)14(16(17)18(20)21-22-19)11-7-3-5-9-13(11)15/h2-9,14-15H,1H3. The molecule has 0 N–H and O–H groups in total. The lowest BCUT2D eigenvalue weighted by atomic mass is 9.61. The van der Waals surface area contributed by atoms with Gasteiger partial charge in [-0.3, -0.25) is 0 Å². The highest BCUT2D eigenvalue weighted by Gasteiger charge is 2.44. The number of hydrogen-bond donors (Lipinski definition) is 0. The highest BCUT2D eigenvalue weighted by atomic mass is 35.5. The number of ether oxygens (including phenoxy) is 1. The van der Waals surface area contributed by atoms with Gasteiger partial charge >= 0.3 is 0 Å². The second-order valence-electron chi connectivity index (χ2n) is 5.95. The molecular weight excluding hydrogens is 308 g/mol. The summed E-state index contributed by atoms with van der Waals surface area (Å²) in [6.07, 6.45) is 0. The van der Waals surface area contributed by atoms with E-state index in [1.807, 2.05) is 0 Å². The summed E-state index contributed by atoms with van der Waals surface area (Å²) in [5.41, 5.74) is 7.34. The number of hydrogen-bond acceptors (Lipinski definition) is 3. The van der Waals surface area contributed by atoms with E-state index in [-0.39, 0.29) is 11.8 Å². The SMILES string of the molecule is COc1nnc(Cl)c2c1C1c3ccccc3C2c2ccccc21. The molecule has 0 unspecified atom stereocenters. The second-order valence-corrected chi connectivity index (χ2v) is 6.31. The minimum Gasteiger partial charge on any atom is -0.480 e. The third-order valence-corrected chi connectivity index (χ3v) is 5.26. The predicted molar refractivity (Wildman–Crippen MR) is 88.4 cm³/mol. The Hall–Kier alpha value is -2.39. The second kappa shape index (κ2) is 4.56. The molecule has 112 valence electrons. The van der Waals surface area contributed by atoms with E-state index in [0.29, 0.717) is 11.0 Å². The van der Waals surface area contributed by atoms with E-state index in [0.717, 1.165) is 11.1 Å². The maximum Gasteiger partial charge on any atom is 0.237 e. The summed E-state index contributed by atoms with van der Waals surface area (Å²) < 4.78 is 5.52. The van der Waals surface area contributed by atoms with Crippen LogP contribution in [0.5, 0.6) is 5.88 Å². The van der Waals surface area contributed by atoms with Crippen LogP contribution in [-0.2, 0) is 0 Å². The molecule has 0 fully saturated rings. The van der Waals surface area contributed by atoms with Gasteiger partial charge in [0.25, 0.3) is 0 Å². The van der Waals surface area contributed by atoms with Gasteiger partial charge in [0.1, 0.15) is 0 Å². The quantitative estimate of drug-likeness (QED) is 0.466. The van der Waals surface area contributed by atoms with Crippen LogP contribution in [0.25, 0.3) is 0 Å². The van der Waals surface area contributed by atoms with Crippen molar-refractivity contribution in [2.45, 2.75) is 11.8 Å². The predicted octanol–water partition coefficient (Wildman–Crippen LogP) is 4.13. The lowest BCUT2D eigenvalue weighted by Gasteiger charge is -2.42. The van der Waals surface area contributed by atoms with Crippen molar-refractivity contribution in [3.05, 3.63) is 87.1 Å². The van der Waals surface area contributed by atoms with E-state index in [1.54, 1.807) is 7.11 Å². The topological polar surface area (TPSA) is 35.0 Å². The fourth-order valence-corrected chi connectivity index (χ4v) is 4.41. The van der Waals surface area contributed by atoms with Crippen molar-refractivity contribution in [3.63, 3.8) is 0 Å². The van der Waals surface area contributed by atoms with Gasteiger partial charge in [-0.2, -0.15) is 0 Å². The van der Waals surface area contributed by atoms with E-state index in [1.165, 1.54) is 22.3 Å². The van der Waals surface area contributed by atoms with Crippen molar-refractivity contribution in [1.29, 1.82) is 0 Å². The average Bonchev–Trinajstić information content (AvgIpc) is 2.62. The lowest BCUT2D eigenvalue weighted by molar-refractivity contribution is 0.382. The van der Waals surface area contributed by atoms with Crippen molar-refractivity contribution in [2.75, 3.05) is 7.11 Å². The number of rotatable bonds is 1. The van der Waals surface area contributed by atoms with Gasteiger partial charge in [0.2, 0.25) is 5.88 Å². The molecule has 3 aliphatic rings. The van der Waals surface area contributed by atoms with Gasteiger partial charge in [-0.25, -0.2) is 0 Å². The summed E-state index contributed by atoms with van der Waals surface area (Å²) in [5.74, 6) is 0.771.